The molecular formula is C23H27N5O6S3. The molecule has 0 aliphatic rings. The fraction of sp³-hybridized carbons (Fsp3) is 0.391. The lowest BCUT2D eigenvalue weighted by atomic mass is 9.95. The average Bonchev–Trinajstić information content (AvgIpc) is 3.43. The molecule has 0 aliphatic heterocycles. The summed E-state index contributed by atoms with van der Waals surface area (Å²) in [5, 5.41) is 1.57. The topological polar surface area (TPSA) is 171 Å². The van der Waals surface area contributed by atoms with Crippen molar-refractivity contribution in [2.75, 3.05) is 4.72 Å². The number of fused-ring (bicyclic) bond motifs is 1. The number of aliphatic imine (C=N–C) groups is 1. The Morgan fingerprint density at radius 2 is 1.92 bits per heavy atom. The molecule has 2 aromatic heterocycles. The average molecular weight is 566 g/mol. The summed E-state index contributed by atoms with van der Waals surface area (Å²) in [6.45, 7) is 6.56. The van der Waals surface area contributed by atoms with E-state index >= 15 is 0 Å². The molecule has 1 aromatic carbocycles. The van der Waals surface area contributed by atoms with Gasteiger partial charge in [-0.3, -0.25) is 19.1 Å². The van der Waals surface area contributed by atoms with Crippen molar-refractivity contribution in [2.24, 2.45) is 16.6 Å². The number of thiophene rings is 1. The molecular weight excluding hydrogens is 538 g/mol. The highest BCUT2D eigenvalue weighted by Gasteiger charge is 2.30. The molecule has 2 heterocycles. The molecule has 1 atom stereocenters. The van der Waals surface area contributed by atoms with Crippen molar-refractivity contribution in [3.05, 3.63) is 34.5 Å². The molecule has 37 heavy (non-hydrogen) atoms. The lowest BCUT2D eigenvalue weighted by Gasteiger charge is -2.23. The van der Waals surface area contributed by atoms with Crippen LogP contribution in [0.1, 0.15) is 56.6 Å². The first-order valence-electron chi connectivity index (χ1n) is 11.2. The SMILES string of the molecule is CC(N)=NC(=O)CC[C@H](CC(=O)c1sccc1NS(=O)(=O)c1cccc2nsnc12)C(=O)OC(C)(C)C. The van der Waals surface area contributed by atoms with Crippen molar-refractivity contribution in [2.45, 2.75) is 57.5 Å². The number of nitrogens with two attached hydrogens (primary N) is 1. The molecule has 3 rings (SSSR count). The first kappa shape index (κ1) is 28.3. The van der Waals surface area contributed by atoms with Gasteiger partial charge in [0.25, 0.3) is 10.0 Å². The molecule has 14 heteroatoms. The Balaban J connectivity index is 1.81. The quantitative estimate of drug-likeness (QED) is 0.161. The van der Waals surface area contributed by atoms with Gasteiger partial charge in [0.15, 0.2) is 5.78 Å². The van der Waals surface area contributed by atoms with Crippen LogP contribution < -0.4 is 10.5 Å². The van der Waals surface area contributed by atoms with Crippen LogP contribution in [0.2, 0.25) is 0 Å². The van der Waals surface area contributed by atoms with Gasteiger partial charge in [-0.25, -0.2) is 13.4 Å². The lowest BCUT2D eigenvalue weighted by Crippen LogP contribution is -2.30. The minimum Gasteiger partial charge on any atom is -0.460 e. The summed E-state index contributed by atoms with van der Waals surface area (Å²) in [5.41, 5.74) is 5.40. The van der Waals surface area contributed by atoms with Crippen LogP contribution in [0.25, 0.3) is 11.0 Å². The zero-order valence-corrected chi connectivity index (χ0v) is 23.1. The number of esters is 1. The number of ether oxygens (including phenoxy) is 1. The Labute approximate surface area is 222 Å². The minimum atomic E-state index is -4.09. The number of carbonyl (C=O) groups is 3. The molecule has 0 saturated carbocycles. The molecule has 3 N–H and O–H groups in total. The largest absolute Gasteiger partial charge is 0.460 e. The number of nitrogens with zero attached hydrogens (tertiary/aromatic N) is 3. The Morgan fingerprint density at radius 3 is 2.59 bits per heavy atom. The number of amidine groups is 1. The highest BCUT2D eigenvalue weighted by Crippen LogP contribution is 2.30. The van der Waals surface area contributed by atoms with E-state index in [-0.39, 0.29) is 46.1 Å². The molecule has 1 amide bonds. The van der Waals surface area contributed by atoms with Gasteiger partial charge < -0.3 is 10.5 Å². The van der Waals surface area contributed by atoms with Gasteiger partial charge in [0.1, 0.15) is 21.5 Å². The van der Waals surface area contributed by atoms with Crippen molar-refractivity contribution >= 4 is 73.3 Å². The van der Waals surface area contributed by atoms with Gasteiger partial charge in [0.05, 0.1) is 34.0 Å². The number of aromatic nitrogens is 2. The number of hydrogen-bond acceptors (Lipinski definition) is 10. The van der Waals surface area contributed by atoms with Crippen LogP contribution in [0.15, 0.2) is 39.5 Å². The summed E-state index contributed by atoms with van der Waals surface area (Å²) < 4.78 is 42.3. The predicted octanol–water partition coefficient (Wildman–Crippen LogP) is 3.77. The number of benzene rings is 1. The highest BCUT2D eigenvalue weighted by molar-refractivity contribution is 7.93. The van der Waals surface area contributed by atoms with Gasteiger partial charge in [-0.15, -0.1) is 11.3 Å². The van der Waals surface area contributed by atoms with Crippen LogP contribution in [-0.4, -0.2) is 46.3 Å². The third-order valence-corrected chi connectivity index (χ3v) is 7.78. The van der Waals surface area contributed by atoms with Gasteiger partial charge in [-0.2, -0.15) is 8.75 Å². The summed E-state index contributed by atoms with van der Waals surface area (Å²) in [7, 11) is -4.09. The van der Waals surface area contributed by atoms with E-state index in [4.69, 9.17) is 10.5 Å². The zero-order valence-electron chi connectivity index (χ0n) is 20.7. The summed E-state index contributed by atoms with van der Waals surface area (Å²) in [5.74, 6) is -2.47. The maximum absolute atomic E-state index is 13.2. The van der Waals surface area contributed by atoms with Crippen molar-refractivity contribution in [1.82, 2.24) is 8.75 Å². The first-order valence-corrected chi connectivity index (χ1v) is 14.3. The second-order valence-electron chi connectivity index (χ2n) is 9.20. The number of ketones is 1. The van der Waals surface area contributed by atoms with Crippen LogP contribution in [-0.2, 0) is 24.3 Å². The number of rotatable bonds is 10. The number of nitrogens with one attached hydrogen (secondary N) is 1. The van der Waals surface area contributed by atoms with Crippen molar-refractivity contribution in [3.63, 3.8) is 0 Å². The number of Topliss-reactive ketones (excluding diaryl/α,β-unsaturated/α-hetero) is 1. The Bertz CT molecular complexity index is 1450. The Kier molecular flexibility index (Phi) is 8.76. The second-order valence-corrected chi connectivity index (χ2v) is 12.3. The van der Waals surface area contributed by atoms with E-state index in [1.807, 2.05) is 0 Å². The van der Waals surface area contributed by atoms with E-state index in [0.29, 0.717) is 5.52 Å². The number of hydrogen-bond donors (Lipinski definition) is 2. The molecule has 0 saturated heterocycles. The van der Waals surface area contributed by atoms with Gasteiger partial charge in [0, 0.05) is 12.8 Å². The first-order chi connectivity index (χ1) is 17.3. The van der Waals surface area contributed by atoms with Crippen LogP contribution in [0, 0.1) is 5.92 Å². The third kappa shape index (κ3) is 7.63. The van der Waals surface area contributed by atoms with E-state index in [1.165, 1.54) is 19.1 Å². The standard InChI is InChI=1S/C23H27N5O6S3/c1-13(24)25-19(30)9-8-14(22(31)34-23(2,3)4)12-17(29)21-16(10-11-35-21)28-37(32,33)18-7-5-6-15-20(18)27-36-26-15/h5-7,10-11,14,28H,8-9,12H2,1-4H3,(H2,24,25,30)/t14-/m1/s1. The molecule has 198 valence electrons. The summed E-state index contributed by atoms with van der Waals surface area (Å²) in [6.07, 6.45) is -0.378. The van der Waals surface area contributed by atoms with Gasteiger partial charge >= 0.3 is 5.97 Å². The van der Waals surface area contributed by atoms with Crippen LogP contribution in [0.3, 0.4) is 0 Å². The molecule has 0 aliphatic carbocycles. The molecule has 0 spiro atoms. The maximum Gasteiger partial charge on any atom is 0.309 e. The molecule has 0 radical (unpaired) electrons. The number of amides is 1. The lowest BCUT2D eigenvalue weighted by molar-refractivity contribution is -0.160. The number of sulfonamides is 1. The second kappa shape index (κ2) is 11.4. The molecule has 11 nitrogen and oxygen atoms in total. The molecule has 0 bridgehead atoms. The summed E-state index contributed by atoms with van der Waals surface area (Å²) in [4.78, 5) is 41.8. The van der Waals surface area contributed by atoms with Crippen molar-refractivity contribution in [1.29, 1.82) is 0 Å². The van der Waals surface area contributed by atoms with Crippen molar-refractivity contribution < 1.29 is 27.5 Å². The van der Waals surface area contributed by atoms with E-state index in [9.17, 15) is 22.8 Å². The fourth-order valence-electron chi connectivity index (χ4n) is 3.36. The zero-order chi connectivity index (χ0) is 27.4. The third-order valence-electron chi connectivity index (χ3n) is 4.88. The molecule has 0 fully saturated rings. The van der Waals surface area contributed by atoms with Gasteiger partial charge in [-0.05, 0) is 57.7 Å². The van der Waals surface area contributed by atoms with E-state index < -0.39 is 39.2 Å². The summed E-state index contributed by atoms with van der Waals surface area (Å²) >= 11 is 1.93. The Morgan fingerprint density at radius 1 is 1.19 bits per heavy atom. The van der Waals surface area contributed by atoms with Crippen molar-refractivity contribution in [3.8, 4) is 0 Å². The van der Waals surface area contributed by atoms with E-state index in [0.717, 1.165) is 23.1 Å². The van der Waals surface area contributed by atoms with Crippen LogP contribution in [0.4, 0.5) is 5.69 Å². The smallest absolute Gasteiger partial charge is 0.309 e. The Hall–Kier alpha value is -3.23. The molecule has 0 unspecified atom stereocenters. The minimum absolute atomic E-state index is 0.0154. The van der Waals surface area contributed by atoms with E-state index in [1.54, 1.807) is 38.3 Å². The van der Waals surface area contributed by atoms with Crippen LogP contribution in [0.5, 0.6) is 0 Å². The highest BCUT2D eigenvalue weighted by atomic mass is 32.2. The van der Waals surface area contributed by atoms with Gasteiger partial charge in [-0.1, -0.05) is 6.07 Å². The van der Waals surface area contributed by atoms with E-state index in [2.05, 4.69) is 18.5 Å². The molecule has 3 aromatic rings. The van der Waals surface area contributed by atoms with Crippen LogP contribution >= 0.6 is 23.1 Å². The normalized spacial score (nSPS) is 13.4. The maximum atomic E-state index is 13.2. The monoisotopic (exact) mass is 565 g/mol. The number of carbonyl (C=O) groups excluding carboxylic acids is 3. The van der Waals surface area contributed by atoms with Gasteiger partial charge in [0.2, 0.25) is 5.91 Å². The summed E-state index contributed by atoms with van der Waals surface area (Å²) in [6, 6.07) is 6.08. The number of anilines is 1. The fourth-order valence-corrected chi connectivity index (χ4v) is 6.06. The predicted molar refractivity (Wildman–Crippen MR) is 142 cm³/mol.